The van der Waals surface area contributed by atoms with Gasteiger partial charge in [-0.05, 0) is 39.1 Å². The van der Waals surface area contributed by atoms with E-state index in [4.69, 9.17) is 4.74 Å². The second kappa shape index (κ2) is 6.17. The van der Waals surface area contributed by atoms with Crippen LogP contribution in [0, 0.1) is 0 Å². The first kappa shape index (κ1) is 16.9. The zero-order valence-corrected chi connectivity index (χ0v) is 13.5. The highest BCUT2D eigenvalue weighted by molar-refractivity contribution is 5.44. The van der Waals surface area contributed by atoms with Gasteiger partial charge in [-0.15, -0.1) is 15.3 Å². The molecule has 1 fully saturated rings. The lowest BCUT2D eigenvalue weighted by Gasteiger charge is -2.43. The summed E-state index contributed by atoms with van der Waals surface area (Å²) in [6.07, 6.45) is -2.91. The maximum absolute atomic E-state index is 12.9. The molecule has 1 saturated heterocycles. The Hall–Kier alpha value is -1.94. The molecule has 2 aromatic rings. The molecule has 0 bridgehead atoms. The van der Waals surface area contributed by atoms with Gasteiger partial charge in [-0.1, -0.05) is 0 Å². The van der Waals surface area contributed by atoms with Crippen molar-refractivity contribution in [1.82, 2.24) is 24.7 Å². The van der Waals surface area contributed by atoms with Gasteiger partial charge >= 0.3 is 6.18 Å². The molecule has 3 heterocycles. The van der Waals surface area contributed by atoms with Gasteiger partial charge in [0.05, 0.1) is 0 Å². The number of hydrogen-bond acceptors (Lipinski definition) is 6. The summed E-state index contributed by atoms with van der Waals surface area (Å²) in [5, 5.41) is 13.8. The minimum atomic E-state index is -4.60. The number of nitrogens with one attached hydrogen (secondary N) is 1. The Morgan fingerprint density at radius 2 is 1.96 bits per heavy atom. The van der Waals surface area contributed by atoms with Crippen molar-refractivity contribution < 1.29 is 17.9 Å². The number of hydrogen-bond donors (Lipinski definition) is 1. The molecule has 0 aromatic carbocycles. The van der Waals surface area contributed by atoms with Crippen molar-refractivity contribution in [1.29, 1.82) is 0 Å². The number of anilines is 1. The molecule has 0 amide bonds. The second-order valence-corrected chi connectivity index (χ2v) is 6.09. The molecular formula is C14H19F3N6O. The molecule has 24 heavy (non-hydrogen) atoms. The second-order valence-electron chi connectivity index (χ2n) is 6.09. The van der Waals surface area contributed by atoms with Crippen LogP contribution in [0.5, 0.6) is 0 Å². The summed E-state index contributed by atoms with van der Waals surface area (Å²) < 4.78 is 44.9. The van der Waals surface area contributed by atoms with Crippen LogP contribution in [0.2, 0.25) is 0 Å². The Labute approximate surface area is 136 Å². The zero-order chi connectivity index (χ0) is 17.4. The topological polar surface area (TPSA) is 67.6 Å². The van der Waals surface area contributed by atoms with E-state index in [9.17, 15) is 13.2 Å². The molecule has 0 aliphatic carbocycles. The van der Waals surface area contributed by atoms with Gasteiger partial charge < -0.3 is 15.0 Å². The maximum Gasteiger partial charge on any atom is 0.453 e. The first-order valence-electron chi connectivity index (χ1n) is 7.61. The van der Waals surface area contributed by atoms with E-state index in [0.717, 1.165) is 12.8 Å². The monoisotopic (exact) mass is 344 g/mol. The average molecular weight is 344 g/mol. The van der Waals surface area contributed by atoms with E-state index in [1.54, 1.807) is 6.07 Å². The van der Waals surface area contributed by atoms with Crippen LogP contribution in [0.4, 0.5) is 19.0 Å². The first-order chi connectivity index (χ1) is 11.3. The highest BCUT2D eigenvalue weighted by Crippen LogP contribution is 2.28. The summed E-state index contributed by atoms with van der Waals surface area (Å²) in [6.45, 7) is 1.89. The predicted octanol–water partition coefficient (Wildman–Crippen LogP) is 1.67. The number of ether oxygens (including phenoxy) is 1. The smallest absolute Gasteiger partial charge is 0.381 e. The molecule has 1 aliphatic rings. The van der Waals surface area contributed by atoms with Crippen molar-refractivity contribution in [3.8, 4) is 0 Å². The lowest BCUT2D eigenvalue weighted by molar-refractivity contribution is -0.146. The van der Waals surface area contributed by atoms with E-state index in [0.29, 0.717) is 30.1 Å². The molecule has 7 nitrogen and oxygen atoms in total. The third-order valence-electron chi connectivity index (χ3n) is 4.49. The van der Waals surface area contributed by atoms with E-state index < -0.39 is 12.0 Å². The van der Waals surface area contributed by atoms with E-state index in [-0.39, 0.29) is 11.2 Å². The Morgan fingerprint density at radius 3 is 2.58 bits per heavy atom. The van der Waals surface area contributed by atoms with E-state index >= 15 is 0 Å². The third-order valence-corrected chi connectivity index (χ3v) is 4.49. The molecule has 0 saturated carbocycles. The quantitative estimate of drug-likeness (QED) is 0.910. The van der Waals surface area contributed by atoms with Crippen molar-refractivity contribution in [3.05, 3.63) is 18.0 Å². The van der Waals surface area contributed by atoms with Gasteiger partial charge in [0.1, 0.15) is 5.82 Å². The summed E-state index contributed by atoms with van der Waals surface area (Å²) in [7, 11) is 3.98. The third kappa shape index (κ3) is 3.16. The number of alkyl halides is 3. The highest BCUT2D eigenvalue weighted by atomic mass is 19.4. The molecule has 0 radical (unpaired) electrons. The van der Waals surface area contributed by atoms with Crippen LogP contribution in [-0.2, 0) is 10.9 Å². The fraction of sp³-hybridized carbons (Fsp3) is 0.643. The van der Waals surface area contributed by atoms with E-state index in [1.807, 2.05) is 14.1 Å². The summed E-state index contributed by atoms with van der Waals surface area (Å²) in [4.78, 5) is 2.13. The van der Waals surface area contributed by atoms with Crippen molar-refractivity contribution in [2.75, 3.05) is 39.2 Å². The molecule has 132 valence electrons. The summed E-state index contributed by atoms with van der Waals surface area (Å²) >= 11 is 0. The van der Waals surface area contributed by atoms with Crippen LogP contribution in [-0.4, -0.2) is 64.1 Å². The van der Waals surface area contributed by atoms with E-state index in [2.05, 4.69) is 25.5 Å². The van der Waals surface area contributed by atoms with Gasteiger partial charge in [0, 0.05) is 25.3 Å². The maximum atomic E-state index is 12.9. The Kier molecular flexibility index (Phi) is 4.35. The summed E-state index contributed by atoms with van der Waals surface area (Å²) in [5.74, 6) is -0.782. The Bertz CT molecular complexity index is 708. The van der Waals surface area contributed by atoms with Crippen LogP contribution in [0.15, 0.2) is 12.1 Å². The van der Waals surface area contributed by atoms with Crippen LogP contribution >= 0.6 is 0 Å². The van der Waals surface area contributed by atoms with Crippen molar-refractivity contribution in [3.63, 3.8) is 0 Å². The first-order valence-corrected chi connectivity index (χ1v) is 7.61. The molecule has 0 unspecified atom stereocenters. The van der Waals surface area contributed by atoms with Crippen molar-refractivity contribution in [2.45, 2.75) is 24.6 Å². The fourth-order valence-corrected chi connectivity index (χ4v) is 2.85. The molecule has 0 atom stereocenters. The largest absolute Gasteiger partial charge is 0.453 e. The Morgan fingerprint density at radius 1 is 1.25 bits per heavy atom. The van der Waals surface area contributed by atoms with E-state index in [1.165, 1.54) is 6.07 Å². The van der Waals surface area contributed by atoms with Crippen molar-refractivity contribution in [2.24, 2.45) is 0 Å². The zero-order valence-electron chi connectivity index (χ0n) is 13.5. The SMILES string of the molecule is CN(C)C1(CNc2ccc3nnc(C(F)(F)F)n3n2)CCOCC1. The number of nitrogens with zero attached hydrogens (tertiary/aromatic N) is 5. The van der Waals surface area contributed by atoms with Crippen LogP contribution in [0.25, 0.3) is 5.65 Å². The van der Waals surface area contributed by atoms with Gasteiger partial charge in [0.2, 0.25) is 0 Å². The summed E-state index contributed by atoms with van der Waals surface area (Å²) in [5.41, 5.74) is -0.0594. The van der Waals surface area contributed by atoms with Crippen LogP contribution in [0.1, 0.15) is 18.7 Å². The van der Waals surface area contributed by atoms with Gasteiger partial charge in [-0.3, -0.25) is 0 Å². The molecule has 0 spiro atoms. The number of halogens is 3. The van der Waals surface area contributed by atoms with Gasteiger partial charge in [0.25, 0.3) is 5.82 Å². The number of aromatic nitrogens is 4. The summed E-state index contributed by atoms with van der Waals surface area (Å²) in [6, 6.07) is 3.07. The lowest BCUT2D eigenvalue weighted by atomic mass is 9.88. The van der Waals surface area contributed by atoms with Gasteiger partial charge in [-0.2, -0.15) is 17.7 Å². The number of fused-ring (bicyclic) bond motifs is 1. The number of likely N-dealkylation sites (N-methyl/N-ethyl adjacent to an activating group) is 1. The van der Waals surface area contributed by atoms with Crippen molar-refractivity contribution >= 4 is 11.5 Å². The normalized spacial score (nSPS) is 18.2. The Balaban J connectivity index is 1.82. The minimum absolute atomic E-state index is 0.0567. The average Bonchev–Trinajstić information content (AvgIpc) is 2.97. The van der Waals surface area contributed by atoms with Gasteiger partial charge in [0.15, 0.2) is 5.65 Å². The molecule has 1 N–H and O–H groups in total. The molecule has 2 aromatic heterocycles. The fourth-order valence-electron chi connectivity index (χ4n) is 2.85. The molecule has 10 heteroatoms. The predicted molar refractivity (Wildman–Crippen MR) is 80.7 cm³/mol. The molecule has 3 rings (SSSR count). The molecular weight excluding hydrogens is 325 g/mol. The van der Waals surface area contributed by atoms with Crippen LogP contribution < -0.4 is 5.32 Å². The lowest BCUT2D eigenvalue weighted by Crippen LogP contribution is -2.53. The minimum Gasteiger partial charge on any atom is -0.381 e. The standard InChI is InChI=1S/C14H19F3N6O/c1-22(2)13(5-7-24-8-6-13)9-18-10-3-4-11-19-20-12(14(15,16)17)23(11)21-10/h3-4H,5-9H2,1-2H3,(H,18,21). The highest BCUT2D eigenvalue weighted by Gasteiger charge is 2.38. The van der Waals surface area contributed by atoms with Crippen LogP contribution in [0.3, 0.4) is 0 Å². The molecule has 1 aliphatic heterocycles. The number of rotatable bonds is 4. The van der Waals surface area contributed by atoms with Gasteiger partial charge in [-0.25, -0.2) is 0 Å².